The topological polar surface area (TPSA) is 52.7 Å². The van der Waals surface area contributed by atoms with Crippen LogP contribution in [-0.4, -0.2) is 43.9 Å². The standard InChI is InChI=1S/C22H26ClN3O2/c1-25(2)20(18-6-3-4-7-19(18)23)15-24-21(27)14-16-9-11-17(12-10-16)26-13-5-8-22(26)28/h3-4,6-7,9-12,20H,5,8,13-15H2,1-2H3,(H,24,27)/t20-/m0/s1. The van der Waals surface area contributed by atoms with Crippen LogP contribution in [0.15, 0.2) is 48.5 Å². The molecule has 1 heterocycles. The Bertz CT molecular complexity index is 836. The Morgan fingerprint density at radius 3 is 2.50 bits per heavy atom. The van der Waals surface area contributed by atoms with Crippen LogP contribution in [0.5, 0.6) is 0 Å². The first kappa shape index (κ1) is 20.4. The van der Waals surface area contributed by atoms with Gasteiger partial charge in [0.05, 0.1) is 12.5 Å². The predicted octanol–water partition coefficient (Wildman–Crippen LogP) is 3.43. The molecule has 2 amide bonds. The normalized spacial score (nSPS) is 15.1. The van der Waals surface area contributed by atoms with Crippen molar-refractivity contribution in [3.63, 3.8) is 0 Å². The third kappa shape index (κ3) is 4.91. The largest absolute Gasteiger partial charge is 0.354 e. The van der Waals surface area contributed by atoms with Crippen molar-refractivity contribution in [2.24, 2.45) is 0 Å². The van der Waals surface area contributed by atoms with Gasteiger partial charge in [0, 0.05) is 30.2 Å². The van der Waals surface area contributed by atoms with Crippen molar-refractivity contribution < 1.29 is 9.59 Å². The van der Waals surface area contributed by atoms with Crippen molar-refractivity contribution in [2.45, 2.75) is 25.3 Å². The van der Waals surface area contributed by atoms with Crippen LogP contribution in [-0.2, 0) is 16.0 Å². The van der Waals surface area contributed by atoms with E-state index in [0.717, 1.165) is 29.8 Å². The quantitative estimate of drug-likeness (QED) is 0.776. The zero-order valence-electron chi connectivity index (χ0n) is 16.3. The second kappa shape index (κ2) is 9.22. The predicted molar refractivity (Wildman–Crippen MR) is 113 cm³/mol. The molecule has 148 valence electrons. The number of rotatable bonds is 7. The van der Waals surface area contributed by atoms with E-state index in [-0.39, 0.29) is 17.9 Å². The van der Waals surface area contributed by atoms with E-state index in [1.807, 2.05) is 67.5 Å². The number of carbonyl (C=O) groups is 2. The van der Waals surface area contributed by atoms with Crippen molar-refractivity contribution in [2.75, 3.05) is 32.1 Å². The summed E-state index contributed by atoms with van der Waals surface area (Å²) >= 11 is 6.32. The molecule has 1 saturated heterocycles. The summed E-state index contributed by atoms with van der Waals surface area (Å²) in [6, 6.07) is 15.4. The van der Waals surface area contributed by atoms with Crippen LogP contribution < -0.4 is 10.2 Å². The minimum atomic E-state index is -0.0381. The zero-order valence-corrected chi connectivity index (χ0v) is 17.1. The number of hydrogen-bond donors (Lipinski definition) is 1. The number of amides is 2. The highest BCUT2D eigenvalue weighted by Crippen LogP contribution is 2.25. The zero-order chi connectivity index (χ0) is 20.1. The number of benzene rings is 2. The monoisotopic (exact) mass is 399 g/mol. The summed E-state index contributed by atoms with van der Waals surface area (Å²) in [6.45, 7) is 1.25. The van der Waals surface area contributed by atoms with Gasteiger partial charge < -0.3 is 15.1 Å². The highest BCUT2D eigenvalue weighted by molar-refractivity contribution is 6.31. The Balaban J connectivity index is 1.57. The number of nitrogens with zero attached hydrogens (tertiary/aromatic N) is 2. The molecule has 0 aliphatic carbocycles. The lowest BCUT2D eigenvalue weighted by Crippen LogP contribution is -2.35. The van der Waals surface area contributed by atoms with Crippen LogP contribution in [0, 0.1) is 0 Å². The molecule has 0 radical (unpaired) electrons. The maximum absolute atomic E-state index is 12.4. The number of halogens is 1. The summed E-state index contributed by atoms with van der Waals surface area (Å²) in [5.41, 5.74) is 2.82. The number of nitrogens with one attached hydrogen (secondary N) is 1. The van der Waals surface area contributed by atoms with Crippen molar-refractivity contribution in [3.05, 3.63) is 64.7 Å². The van der Waals surface area contributed by atoms with Gasteiger partial charge in [-0.15, -0.1) is 0 Å². The Hall–Kier alpha value is -2.37. The molecule has 1 atom stereocenters. The van der Waals surface area contributed by atoms with Gasteiger partial charge >= 0.3 is 0 Å². The Morgan fingerprint density at radius 2 is 1.89 bits per heavy atom. The molecule has 0 aromatic heterocycles. The van der Waals surface area contributed by atoms with Gasteiger partial charge in [-0.3, -0.25) is 9.59 Å². The highest BCUT2D eigenvalue weighted by atomic mass is 35.5. The number of likely N-dealkylation sites (N-methyl/N-ethyl adjacent to an activating group) is 1. The van der Waals surface area contributed by atoms with Crippen LogP contribution in [0.25, 0.3) is 0 Å². The summed E-state index contributed by atoms with van der Waals surface area (Å²) in [5, 5.41) is 3.71. The fraction of sp³-hybridized carbons (Fsp3) is 0.364. The molecule has 5 nitrogen and oxygen atoms in total. The van der Waals surface area contributed by atoms with Gasteiger partial charge in [0.2, 0.25) is 11.8 Å². The summed E-state index contributed by atoms with van der Waals surface area (Å²) in [7, 11) is 3.94. The minimum Gasteiger partial charge on any atom is -0.354 e. The molecule has 28 heavy (non-hydrogen) atoms. The maximum atomic E-state index is 12.4. The van der Waals surface area contributed by atoms with Crippen LogP contribution in [0.3, 0.4) is 0 Å². The van der Waals surface area contributed by atoms with Crippen LogP contribution in [0.1, 0.15) is 30.0 Å². The van der Waals surface area contributed by atoms with E-state index in [1.165, 1.54) is 0 Å². The van der Waals surface area contributed by atoms with Gasteiger partial charge in [0.15, 0.2) is 0 Å². The molecular weight excluding hydrogens is 374 g/mol. The molecule has 6 heteroatoms. The molecule has 1 N–H and O–H groups in total. The van der Waals surface area contributed by atoms with Gasteiger partial charge in [-0.1, -0.05) is 41.9 Å². The molecule has 1 aliphatic heterocycles. The fourth-order valence-electron chi connectivity index (χ4n) is 3.49. The van der Waals surface area contributed by atoms with E-state index in [1.54, 1.807) is 4.90 Å². The maximum Gasteiger partial charge on any atom is 0.227 e. The van der Waals surface area contributed by atoms with Crippen LogP contribution >= 0.6 is 11.6 Å². The van der Waals surface area contributed by atoms with E-state index in [2.05, 4.69) is 5.32 Å². The molecule has 0 saturated carbocycles. The molecule has 2 aromatic rings. The molecule has 0 spiro atoms. The van der Waals surface area contributed by atoms with Crippen LogP contribution in [0.4, 0.5) is 5.69 Å². The molecule has 0 bridgehead atoms. The van der Waals surface area contributed by atoms with Gasteiger partial charge in [0.25, 0.3) is 0 Å². The molecule has 1 aliphatic rings. The molecule has 0 unspecified atom stereocenters. The summed E-state index contributed by atoms with van der Waals surface area (Å²) in [6.07, 6.45) is 1.82. The summed E-state index contributed by atoms with van der Waals surface area (Å²) in [4.78, 5) is 28.1. The van der Waals surface area contributed by atoms with Gasteiger partial charge in [-0.05, 0) is 49.8 Å². The SMILES string of the molecule is CN(C)[C@@H](CNC(=O)Cc1ccc(N2CCCC2=O)cc1)c1ccccc1Cl. The first-order valence-electron chi connectivity index (χ1n) is 9.52. The Kier molecular flexibility index (Phi) is 6.70. The fourth-order valence-corrected chi connectivity index (χ4v) is 3.75. The summed E-state index contributed by atoms with van der Waals surface area (Å²) < 4.78 is 0. The van der Waals surface area contributed by atoms with Gasteiger partial charge in [-0.2, -0.15) is 0 Å². The van der Waals surface area contributed by atoms with E-state index in [9.17, 15) is 9.59 Å². The second-order valence-electron chi connectivity index (χ2n) is 7.30. The third-order valence-electron chi connectivity index (χ3n) is 5.07. The number of anilines is 1. The Labute approximate surface area is 171 Å². The van der Waals surface area contributed by atoms with E-state index < -0.39 is 0 Å². The molecule has 3 rings (SSSR count). The molecule has 2 aromatic carbocycles. The summed E-state index contributed by atoms with van der Waals surface area (Å²) in [5.74, 6) is 0.128. The smallest absolute Gasteiger partial charge is 0.227 e. The molecule has 1 fully saturated rings. The second-order valence-corrected chi connectivity index (χ2v) is 7.70. The van der Waals surface area contributed by atoms with E-state index >= 15 is 0 Å². The average molecular weight is 400 g/mol. The lowest BCUT2D eigenvalue weighted by molar-refractivity contribution is -0.120. The first-order valence-corrected chi connectivity index (χ1v) is 9.90. The van der Waals surface area contributed by atoms with Crippen molar-refractivity contribution >= 4 is 29.1 Å². The first-order chi connectivity index (χ1) is 13.5. The minimum absolute atomic E-state index is 0.00112. The van der Waals surface area contributed by atoms with Gasteiger partial charge in [0.1, 0.15) is 0 Å². The van der Waals surface area contributed by atoms with Crippen LogP contribution in [0.2, 0.25) is 5.02 Å². The lowest BCUT2D eigenvalue weighted by atomic mass is 10.1. The van der Waals surface area contributed by atoms with Crippen molar-refractivity contribution in [1.82, 2.24) is 10.2 Å². The average Bonchev–Trinajstić information content (AvgIpc) is 3.09. The van der Waals surface area contributed by atoms with E-state index in [0.29, 0.717) is 24.4 Å². The highest BCUT2D eigenvalue weighted by Gasteiger charge is 2.21. The van der Waals surface area contributed by atoms with Crippen molar-refractivity contribution in [1.29, 1.82) is 0 Å². The third-order valence-corrected chi connectivity index (χ3v) is 5.41. The van der Waals surface area contributed by atoms with E-state index in [4.69, 9.17) is 11.6 Å². The Morgan fingerprint density at radius 1 is 1.18 bits per heavy atom. The lowest BCUT2D eigenvalue weighted by Gasteiger charge is -2.26. The van der Waals surface area contributed by atoms with Gasteiger partial charge in [-0.25, -0.2) is 0 Å². The van der Waals surface area contributed by atoms with Crippen molar-refractivity contribution in [3.8, 4) is 0 Å². The number of carbonyl (C=O) groups excluding carboxylic acids is 2. The molecular formula is C22H26ClN3O2. The number of hydrogen-bond acceptors (Lipinski definition) is 3.